The van der Waals surface area contributed by atoms with E-state index < -0.39 is 0 Å². The van der Waals surface area contributed by atoms with Gasteiger partial charge < -0.3 is 8.98 Å². The van der Waals surface area contributed by atoms with Gasteiger partial charge in [0.15, 0.2) is 17.5 Å². The van der Waals surface area contributed by atoms with Crippen LogP contribution in [-0.4, -0.2) is 19.5 Å². The van der Waals surface area contributed by atoms with E-state index >= 15 is 0 Å². The number of furan rings is 1. The first-order chi connectivity index (χ1) is 36.7. The van der Waals surface area contributed by atoms with Crippen LogP contribution in [0, 0.1) is 0 Å². The molecule has 0 aliphatic heterocycles. The molecule has 5 heteroatoms. The van der Waals surface area contributed by atoms with Crippen LogP contribution in [0.25, 0.3) is 139 Å². The first-order valence-corrected chi connectivity index (χ1v) is 25.0. The topological polar surface area (TPSA) is 56.7 Å². The maximum atomic E-state index is 6.32. The van der Waals surface area contributed by atoms with Crippen molar-refractivity contribution >= 4 is 43.7 Å². The largest absolute Gasteiger partial charge is 0.456 e. The number of fused-ring (bicyclic) bond motifs is 6. The number of hydrogen-bond acceptors (Lipinski definition) is 4. The van der Waals surface area contributed by atoms with E-state index in [0.717, 1.165) is 99.7 Å². The Kier molecular flexibility index (Phi) is 10.4. The molecule has 0 spiro atoms. The third kappa shape index (κ3) is 7.37. The second kappa shape index (κ2) is 18.0. The highest BCUT2D eigenvalue weighted by Gasteiger charge is 2.29. The van der Waals surface area contributed by atoms with Crippen molar-refractivity contribution in [1.82, 2.24) is 19.5 Å². The summed E-state index contributed by atoms with van der Waals surface area (Å²) in [6.45, 7) is 0. The third-order valence-corrected chi connectivity index (χ3v) is 14.2. The Hall–Kier alpha value is -9.97. The van der Waals surface area contributed by atoms with Gasteiger partial charge in [-0.25, -0.2) is 15.0 Å². The van der Waals surface area contributed by atoms with E-state index in [1.54, 1.807) is 0 Å². The lowest BCUT2D eigenvalue weighted by Gasteiger charge is -2.24. The lowest BCUT2D eigenvalue weighted by atomic mass is 9.80. The molecule has 0 aliphatic carbocycles. The van der Waals surface area contributed by atoms with Crippen LogP contribution in [0.15, 0.2) is 271 Å². The molecule has 3 heterocycles. The Labute approximate surface area is 428 Å². The molecule has 0 N–H and O–H groups in total. The normalized spacial score (nSPS) is 11.5. The fourth-order valence-electron chi connectivity index (χ4n) is 10.9. The summed E-state index contributed by atoms with van der Waals surface area (Å²) in [5, 5.41) is 4.52. The van der Waals surface area contributed by atoms with Crippen molar-refractivity contribution < 1.29 is 4.42 Å². The number of benzene rings is 11. The molecular formula is C69H44N4O. The molecule has 74 heavy (non-hydrogen) atoms. The summed E-state index contributed by atoms with van der Waals surface area (Å²) in [5.41, 5.74) is 19.2. The Balaban J connectivity index is 1.10. The monoisotopic (exact) mass is 944 g/mol. The van der Waals surface area contributed by atoms with E-state index in [0.29, 0.717) is 17.5 Å². The van der Waals surface area contributed by atoms with Gasteiger partial charge in [-0.2, -0.15) is 0 Å². The highest BCUT2D eigenvalue weighted by atomic mass is 16.3. The van der Waals surface area contributed by atoms with Crippen LogP contribution in [0.5, 0.6) is 0 Å². The minimum absolute atomic E-state index is 0.605. The quantitative estimate of drug-likeness (QED) is 0.145. The summed E-state index contributed by atoms with van der Waals surface area (Å²) < 4.78 is 8.81. The van der Waals surface area contributed by atoms with Crippen molar-refractivity contribution in [2.45, 2.75) is 0 Å². The van der Waals surface area contributed by atoms with E-state index in [4.69, 9.17) is 19.4 Å². The van der Waals surface area contributed by atoms with Crippen molar-refractivity contribution in [2.24, 2.45) is 0 Å². The van der Waals surface area contributed by atoms with E-state index in [9.17, 15) is 0 Å². The molecule has 0 saturated heterocycles. The Morgan fingerprint density at radius 3 is 1.18 bits per heavy atom. The molecule has 0 bridgehead atoms. The van der Waals surface area contributed by atoms with Crippen LogP contribution in [0.3, 0.4) is 0 Å². The molecule has 5 nitrogen and oxygen atoms in total. The second-order valence-electron chi connectivity index (χ2n) is 18.6. The zero-order valence-electron chi connectivity index (χ0n) is 40.1. The van der Waals surface area contributed by atoms with Crippen molar-refractivity contribution in [1.29, 1.82) is 0 Å². The van der Waals surface area contributed by atoms with Crippen molar-refractivity contribution in [3.63, 3.8) is 0 Å². The van der Waals surface area contributed by atoms with Gasteiger partial charge in [0.1, 0.15) is 11.2 Å². The lowest BCUT2D eigenvalue weighted by Crippen LogP contribution is -2.02. The predicted molar refractivity (Wildman–Crippen MR) is 305 cm³/mol. The highest BCUT2D eigenvalue weighted by molar-refractivity contribution is 6.27. The van der Waals surface area contributed by atoms with Crippen LogP contribution < -0.4 is 0 Å². The van der Waals surface area contributed by atoms with Gasteiger partial charge in [0.2, 0.25) is 0 Å². The summed E-state index contributed by atoms with van der Waals surface area (Å²) >= 11 is 0. The van der Waals surface area contributed by atoms with Crippen molar-refractivity contribution in [3.8, 4) is 95.5 Å². The molecule has 14 aromatic rings. The molecule has 0 saturated carbocycles. The Morgan fingerprint density at radius 2 is 0.649 bits per heavy atom. The van der Waals surface area contributed by atoms with Gasteiger partial charge in [0.25, 0.3) is 0 Å². The van der Waals surface area contributed by atoms with Crippen LogP contribution in [0.2, 0.25) is 0 Å². The van der Waals surface area contributed by atoms with E-state index in [2.05, 4.69) is 199 Å². The number of aromatic nitrogens is 4. The van der Waals surface area contributed by atoms with Crippen molar-refractivity contribution in [2.75, 3.05) is 0 Å². The molecular weight excluding hydrogens is 901 g/mol. The van der Waals surface area contributed by atoms with E-state index in [-0.39, 0.29) is 0 Å². The zero-order valence-corrected chi connectivity index (χ0v) is 40.1. The SMILES string of the molecule is c1ccc(-c2nc(-c3ccccc3)nc(-c3ccc(-n4c5ccc(-c6ccc7oc8ccccc8c7c6)cc5c5c(-c6ccccc6)c(-c6ccccc6)c(-c6ccccc6)c(-c6ccccc6)c54)cc3)n2)cc1. The Morgan fingerprint density at radius 1 is 0.270 bits per heavy atom. The summed E-state index contributed by atoms with van der Waals surface area (Å²) in [5.74, 6) is 1.86. The van der Waals surface area contributed by atoms with Crippen LogP contribution in [-0.2, 0) is 0 Å². The molecule has 0 amide bonds. The molecule has 0 fully saturated rings. The van der Waals surface area contributed by atoms with Gasteiger partial charge in [-0.15, -0.1) is 0 Å². The van der Waals surface area contributed by atoms with Gasteiger partial charge in [0.05, 0.1) is 11.0 Å². The van der Waals surface area contributed by atoms with Crippen LogP contribution >= 0.6 is 0 Å². The Bertz CT molecular complexity index is 4310. The van der Waals surface area contributed by atoms with Gasteiger partial charge >= 0.3 is 0 Å². The van der Waals surface area contributed by atoms with E-state index in [1.165, 1.54) is 22.1 Å². The predicted octanol–water partition coefficient (Wildman–Crippen LogP) is 18.2. The maximum Gasteiger partial charge on any atom is 0.164 e. The second-order valence-corrected chi connectivity index (χ2v) is 18.6. The number of para-hydroxylation sites is 1. The minimum Gasteiger partial charge on any atom is -0.456 e. The zero-order chi connectivity index (χ0) is 49.0. The number of hydrogen-bond donors (Lipinski definition) is 0. The standard InChI is InChI=1S/C69H44N4O/c1-7-21-45(22-8-1)61-62(46-23-9-2-10-24-46)64(48-27-13-4-14-28-48)66-65(63(61)47-25-11-3-12-26-47)57-44-52(53-38-42-60-56(43-53)55-33-19-20-34-59(55)74-60)37-41-58(57)73(66)54-39-35-51(36-40-54)69-71-67(49-29-15-5-16-30-49)70-68(72-69)50-31-17-6-18-32-50/h1-44H. The number of nitrogens with zero attached hydrogens (tertiary/aromatic N) is 4. The highest BCUT2D eigenvalue weighted by Crippen LogP contribution is 2.54. The van der Waals surface area contributed by atoms with E-state index in [1.807, 2.05) is 72.8 Å². The average Bonchev–Trinajstić information content (AvgIpc) is 4.10. The third-order valence-electron chi connectivity index (χ3n) is 14.2. The lowest BCUT2D eigenvalue weighted by molar-refractivity contribution is 0.669. The fraction of sp³-hybridized carbons (Fsp3) is 0. The first kappa shape index (κ1) is 42.9. The molecule has 14 rings (SSSR count). The van der Waals surface area contributed by atoms with Gasteiger partial charge in [-0.05, 0) is 93.5 Å². The van der Waals surface area contributed by atoms with Crippen LogP contribution in [0.4, 0.5) is 0 Å². The molecule has 0 unspecified atom stereocenters. The molecule has 3 aromatic heterocycles. The molecule has 0 radical (unpaired) electrons. The summed E-state index contributed by atoms with van der Waals surface area (Å²) in [4.78, 5) is 15.2. The van der Waals surface area contributed by atoms with Crippen LogP contribution in [0.1, 0.15) is 0 Å². The smallest absolute Gasteiger partial charge is 0.164 e. The maximum absolute atomic E-state index is 6.32. The van der Waals surface area contributed by atoms with Gasteiger partial charge in [0, 0.05) is 60.6 Å². The first-order valence-electron chi connectivity index (χ1n) is 25.0. The summed E-state index contributed by atoms with van der Waals surface area (Å²) in [6.07, 6.45) is 0. The molecule has 0 aliphatic rings. The summed E-state index contributed by atoms with van der Waals surface area (Å²) in [7, 11) is 0. The molecule has 0 atom stereocenters. The van der Waals surface area contributed by atoms with Crippen molar-refractivity contribution in [3.05, 3.63) is 267 Å². The molecule has 11 aromatic carbocycles. The molecule has 346 valence electrons. The minimum atomic E-state index is 0.605. The summed E-state index contributed by atoms with van der Waals surface area (Å²) in [6, 6.07) is 94.6. The van der Waals surface area contributed by atoms with Gasteiger partial charge in [-0.3, -0.25) is 0 Å². The van der Waals surface area contributed by atoms with Gasteiger partial charge in [-0.1, -0.05) is 212 Å². The number of rotatable bonds is 9. The average molecular weight is 945 g/mol. The fourth-order valence-corrected chi connectivity index (χ4v) is 10.9.